The van der Waals surface area contributed by atoms with Crippen LogP contribution in [0.2, 0.25) is 0 Å². The van der Waals surface area contributed by atoms with Gasteiger partial charge in [-0.1, -0.05) is 0 Å². The lowest BCUT2D eigenvalue weighted by molar-refractivity contribution is -0.117. The average molecular weight is 368 g/mol. The minimum atomic E-state index is 0.231. The highest BCUT2D eigenvalue weighted by molar-refractivity contribution is 5.56. The maximum absolute atomic E-state index is 11.0. The number of amides is 1. The van der Waals surface area contributed by atoms with Crippen molar-refractivity contribution in [3.8, 4) is 5.88 Å². The van der Waals surface area contributed by atoms with E-state index in [1.807, 2.05) is 13.1 Å². The topological polar surface area (TPSA) is 83.5 Å². The molecule has 142 valence electrons. The Bertz CT molecular complexity index is 843. The number of hydrogen-bond acceptors (Lipinski definition) is 7. The largest absolute Gasteiger partial charge is 0.481 e. The van der Waals surface area contributed by atoms with Crippen LogP contribution < -0.4 is 15.0 Å². The number of methoxy groups -OCH3 is 1. The number of aryl methyl sites for hydroxylation is 1. The van der Waals surface area contributed by atoms with Crippen molar-refractivity contribution in [2.45, 2.75) is 32.4 Å². The second kappa shape index (κ2) is 7.38. The fraction of sp³-hybridized carbons (Fsp3) is 0.474. The Hall–Kier alpha value is -2.90. The van der Waals surface area contributed by atoms with Crippen molar-refractivity contribution in [1.29, 1.82) is 0 Å². The molecule has 0 radical (unpaired) electrons. The Morgan fingerprint density at radius 3 is 2.93 bits per heavy atom. The lowest BCUT2D eigenvalue weighted by atomic mass is 10.0. The SMILES string of the molecule is COc1ncc(N2CCc3ncnc(NC4CCN(C=O)C4)c3C2)cc1C. The number of nitrogens with zero attached hydrogens (tertiary/aromatic N) is 5. The number of likely N-dealkylation sites (tertiary alicyclic amines) is 1. The van der Waals surface area contributed by atoms with Crippen LogP contribution >= 0.6 is 0 Å². The third kappa shape index (κ3) is 3.51. The van der Waals surface area contributed by atoms with E-state index in [1.165, 1.54) is 0 Å². The van der Waals surface area contributed by atoms with Crippen molar-refractivity contribution < 1.29 is 9.53 Å². The fourth-order valence-electron chi connectivity index (χ4n) is 3.81. The molecule has 1 fully saturated rings. The van der Waals surface area contributed by atoms with Gasteiger partial charge in [-0.15, -0.1) is 0 Å². The van der Waals surface area contributed by atoms with Crippen LogP contribution in [-0.2, 0) is 17.8 Å². The highest BCUT2D eigenvalue weighted by Gasteiger charge is 2.26. The number of hydrogen-bond donors (Lipinski definition) is 1. The summed E-state index contributed by atoms with van der Waals surface area (Å²) in [5.74, 6) is 1.53. The maximum Gasteiger partial charge on any atom is 0.216 e. The van der Waals surface area contributed by atoms with Crippen LogP contribution in [0.5, 0.6) is 5.88 Å². The van der Waals surface area contributed by atoms with Gasteiger partial charge < -0.3 is 19.9 Å². The van der Waals surface area contributed by atoms with Gasteiger partial charge in [0.25, 0.3) is 0 Å². The summed E-state index contributed by atoms with van der Waals surface area (Å²) in [5.41, 5.74) is 4.30. The molecule has 2 aliphatic heterocycles. The maximum atomic E-state index is 11.0. The van der Waals surface area contributed by atoms with E-state index in [9.17, 15) is 4.79 Å². The summed E-state index contributed by atoms with van der Waals surface area (Å²) in [5, 5.41) is 3.52. The molecule has 1 N–H and O–H groups in total. The Kier molecular flexibility index (Phi) is 4.79. The predicted octanol–water partition coefficient (Wildman–Crippen LogP) is 1.39. The van der Waals surface area contributed by atoms with Gasteiger partial charge in [0, 0.05) is 49.8 Å². The van der Waals surface area contributed by atoms with Gasteiger partial charge in [0.2, 0.25) is 12.3 Å². The number of pyridine rings is 1. The van der Waals surface area contributed by atoms with Crippen molar-refractivity contribution in [3.05, 3.63) is 35.4 Å². The Labute approximate surface area is 158 Å². The molecule has 4 rings (SSSR count). The zero-order chi connectivity index (χ0) is 18.8. The zero-order valence-electron chi connectivity index (χ0n) is 15.7. The number of anilines is 2. The molecule has 0 saturated carbocycles. The van der Waals surface area contributed by atoms with Crippen LogP contribution in [0.1, 0.15) is 23.2 Å². The fourth-order valence-corrected chi connectivity index (χ4v) is 3.81. The van der Waals surface area contributed by atoms with Crippen LogP contribution in [0.15, 0.2) is 18.6 Å². The molecule has 0 aliphatic carbocycles. The lowest BCUT2D eigenvalue weighted by Gasteiger charge is -2.31. The van der Waals surface area contributed by atoms with E-state index < -0.39 is 0 Å². The smallest absolute Gasteiger partial charge is 0.216 e. The number of ether oxygens (including phenoxy) is 1. The van der Waals surface area contributed by atoms with Gasteiger partial charge in [0.05, 0.1) is 24.7 Å². The first-order valence-corrected chi connectivity index (χ1v) is 9.22. The first-order chi connectivity index (χ1) is 13.2. The number of rotatable bonds is 5. The van der Waals surface area contributed by atoms with E-state index in [0.29, 0.717) is 12.4 Å². The van der Waals surface area contributed by atoms with E-state index >= 15 is 0 Å². The molecule has 8 heteroatoms. The van der Waals surface area contributed by atoms with Gasteiger partial charge in [-0.3, -0.25) is 4.79 Å². The van der Waals surface area contributed by atoms with Crippen molar-refractivity contribution >= 4 is 17.9 Å². The van der Waals surface area contributed by atoms with Gasteiger partial charge in [-0.25, -0.2) is 15.0 Å². The average Bonchev–Trinajstić information content (AvgIpc) is 3.15. The third-order valence-corrected chi connectivity index (χ3v) is 5.29. The molecular formula is C19H24N6O2. The second-order valence-corrected chi connectivity index (χ2v) is 7.07. The molecule has 2 aliphatic rings. The molecule has 0 bridgehead atoms. The highest BCUT2D eigenvalue weighted by atomic mass is 16.5. The molecule has 1 amide bonds. The molecule has 2 aromatic rings. The van der Waals surface area contributed by atoms with Crippen molar-refractivity contribution in [2.75, 3.05) is 37.0 Å². The van der Waals surface area contributed by atoms with Gasteiger partial charge in [-0.05, 0) is 19.4 Å². The van der Waals surface area contributed by atoms with Gasteiger partial charge >= 0.3 is 0 Å². The number of nitrogens with one attached hydrogen (secondary N) is 1. The van der Waals surface area contributed by atoms with Crippen molar-refractivity contribution in [3.63, 3.8) is 0 Å². The van der Waals surface area contributed by atoms with E-state index in [0.717, 1.165) is 67.2 Å². The second-order valence-electron chi connectivity index (χ2n) is 7.07. The minimum absolute atomic E-state index is 0.231. The molecule has 1 atom stereocenters. The molecule has 27 heavy (non-hydrogen) atoms. The van der Waals surface area contributed by atoms with Crippen LogP contribution in [0.25, 0.3) is 0 Å². The molecular weight excluding hydrogens is 344 g/mol. The first kappa shape index (κ1) is 17.5. The van der Waals surface area contributed by atoms with Gasteiger partial charge in [-0.2, -0.15) is 0 Å². The molecule has 1 unspecified atom stereocenters. The van der Waals surface area contributed by atoms with E-state index in [2.05, 4.69) is 31.2 Å². The normalized spacial score (nSPS) is 19.0. The number of aromatic nitrogens is 3. The summed E-state index contributed by atoms with van der Waals surface area (Å²) in [4.78, 5) is 28.4. The quantitative estimate of drug-likeness (QED) is 0.799. The van der Waals surface area contributed by atoms with Crippen LogP contribution in [0, 0.1) is 6.92 Å². The predicted molar refractivity (Wildman–Crippen MR) is 102 cm³/mol. The zero-order valence-corrected chi connectivity index (χ0v) is 15.7. The minimum Gasteiger partial charge on any atom is -0.481 e. The molecule has 0 spiro atoms. The standard InChI is InChI=1S/C19H24N6O2/c1-13-7-15(8-20-19(13)27-2)25-6-4-17-16(10-25)18(22-11-21-17)23-14-3-5-24(9-14)12-26/h7-8,11-12,14H,3-6,9-10H2,1-2H3,(H,21,22,23). The lowest BCUT2D eigenvalue weighted by Crippen LogP contribution is -2.33. The number of carbonyl (C=O) groups excluding carboxylic acids is 1. The van der Waals surface area contributed by atoms with Crippen LogP contribution in [0.4, 0.5) is 11.5 Å². The summed E-state index contributed by atoms with van der Waals surface area (Å²) in [6, 6.07) is 2.33. The third-order valence-electron chi connectivity index (χ3n) is 5.29. The molecule has 1 saturated heterocycles. The van der Waals surface area contributed by atoms with Gasteiger partial charge in [0.15, 0.2) is 0 Å². The van der Waals surface area contributed by atoms with Crippen LogP contribution in [0.3, 0.4) is 0 Å². The summed E-state index contributed by atoms with van der Waals surface area (Å²) >= 11 is 0. The summed E-state index contributed by atoms with van der Waals surface area (Å²) in [7, 11) is 1.64. The Morgan fingerprint density at radius 2 is 2.19 bits per heavy atom. The summed E-state index contributed by atoms with van der Waals surface area (Å²) < 4.78 is 5.27. The molecule has 8 nitrogen and oxygen atoms in total. The Balaban J connectivity index is 1.55. The Morgan fingerprint density at radius 1 is 1.30 bits per heavy atom. The highest BCUT2D eigenvalue weighted by Crippen LogP contribution is 2.29. The van der Waals surface area contributed by atoms with E-state index in [-0.39, 0.29) is 6.04 Å². The monoisotopic (exact) mass is 368 g/mol. The summed E-state index contributed by atoms with van der Waals surface area (Å²) in [6.07, 6.45) is 6.19. The van der Waals surface area contributed by atoms with Crippen molar-refractivity contribution in [1.82, 2.24) is 19.9 Å². The molecule has 4 heterocycles. The molecule has 2 aromatic heterocycles. The number of carbonyl (C=O) groups is 1. The molecule has 0 aromatic carbocycles. The van der Waals surface area contributed by atoms with Crippen molar-refractivity contribution in [2.24, 2.45) is 0 Å². The number of fused-ring (bicyclic) bond motifs is 1. The van der Waals surface area contributed by atoms with E-state index in [4.69, 9.17) is 4.74 Å². The van der Waals surface area contributed by atoms with Crippen LogP contribution in [-0.4, -0.2) is 59.0 Å². The summed E-state index contributed by atoms with van der Waals surface area (Å²) in [6.45, 7) is 5.13. The van der Waals surface area contributed by atoms with Gasteiger partial charge in [0.1, 0.15) is 12.1 Å². The first-order valence-electron chi connectivity index (χ1n) is 9.22. The van der Waals surface area contributed by atoms with E-state index in [1.54, 1.807) is 18.3 Å².